The van der Waals surface area contributed by atoms with E-state index in [0.29, 0.717) is 0 Å². The van der Waals surface area contributed by atoms with Gasteiger partial charge in [0.05, 0.1) is 0 Å². The second-order valence-corrected chi connectivity index (χ2v) is 5.99. The zero-order valence-corrected chi connectivity index (χ0v) is 12.9. The van der Waals surface area contributed by atoms with Crippen molar-refractivity contribution < 1.29 is 0 Å². The molecule has 0 radical (unpaired) electrons. The fourth-order valence-electron chi connectivity index (χ4n) is 3.26. The van der Waals surface area contributed by atoms with E-state index >= 15 is 0 Å². The van der Waals surface area contributed by atoms with E-state index in [0.717, 1.165) is 19.5 Å². The smallest absolute Gasteiger partial charge is 0.0480 e. The first-order valence-electron chi connectivity index (χ1n) is 7.91. The SMILES string of the molecule is Cc1ccc2c(ccn2CCCn2ccc3ccccc32)c1. The maximum absolute atomic E-state index is 2.36. The first-order valence-corrected chi connectivity index (χ1v) is 7.91. The molecule has 2 nitrogen and oxygen atoms in total. The van der Waals surface area contributed by atoms with Gasteiger partial charge in [0.1, 0.15) is 0 Å². The summed E-state index contributed by atoms with van der Waals surface area (Å²) >= 11 is 0. The van der Waals surface area contributed by atoms with Gasteiger partial charge in [0.2, 0.25) is 0 Å². The minimum Gasteiger partial charge on any atom is -0.347 e. The van der Waals surface area contributed by atoms with Crippen LogP contribution in [0.4, 0.5) is 0 Å². The molecule has 0 atom stereocenters. The highest BCUT2D eigenvalue weighted by Crippen LogP contribution is 2.19. The Bertz CT molecular complexity index is 927. The average Bonchev–Trinajstić information content (AvgIpc) is 3.12. The molecular formula is C20H20N2. The van der Waals surface area contributed by atoms with Crippen LogP contribution in [0.1, 0.15) is 12.0 Å². The molecule has 0 N–H and O–H groups in total. The molecule has 0 bridgehead atoms. The molecule has 4 rings (SSSR count). The fourth-order valence-corrected chi connectivity index (χ4v) is 3.26. The van der Waals surface area contributed by atoms with Gasteiger partial charge in [0, 0.05) is 36.5 Å². The van der Waals surface area contributed by atoms with Crippen molar-refractivity contribution in [3.05, 3.63) is 72.6 Å². The molecule has 4 aromatic rings. The van der Waals surface area contributed by atoms with E-state index in [9.17, 15) is 0 Å². The van der Waals surface area contributed by atoms with E-state index in [2.05, 4.69) is 83.0 Å². The van der Waals surface area contributed by atoms with Gasteiger partial charge in [-0.1, -0.05) is 29.8 Å². The summed E-state index contributed by atoms with van der Waals surface area (Å²) in [6.45, 7) is 4.26. The summed E-state index contributed by atoms with van der Waals surface area (Å²) in [4.78, 5) is 0. The number of para-hydroxylation sites is 1. The van der Waals surface area contributed by atoms with Crippen molar-refractivity contribution in [3.8, 4) is 0 Å². The second kappa shape index (κ2) is 5.38. The normalized spacial score (nSPS) is 11.5. The van der Waals surface area contributed by atoms with Gasteiger partial charge < -0.3 is 9.13 Å². The summed E-state index contributed by atoms with van der Waals surface area (Å²) in [7, 11) is 0. The van der Waals surface area contributed by atoms with E-state index in [1.54, 1.807) is 0 Å². The summed E-state index contributed by atoms with van der Waals surface area (Å²) in [6.07, 6.45) is 5.54. The Kier molecular flexibility index (Phi) is 3.23. The number of aromatic nitrogens is 2. The van der Waals surface area contributed by atoms with Gasteiger partial charge in [-0.2, -0.15) is 0 Å². The Morgan fingerprint density at radius 1 is 0.727 bits per heavy atom. The van der Waals surface area contributed by atoms with Crippen LogP contribution >= 0.6 is 0 Å². The lowest BCUT2D eigenvalue weighted by Crippen LogP contribution is -2.02. The fraction of sp³-hybridized carbons (Fsp3) is 0.200. The predicted octanol–water partition coefficient (Wildman–Crippen LogP) is 4.99. The van der Waals surface area contributed by atoms with Gasteiger partial charge in [0.15, 0.2) is 0 Å². The highest BCUT2D eigenvalue weighted by Gasteiger charge is 2.03. The minimum atomic E-state index is 1.05. The van der Waals surface area contributed by atoms with Crippen molar-refractivity contribution in [1.29, 1.82) is 0 Å². The van der Waals surface area contributed by atoms with Crippen LogP contribution in [0, 0.1) is 6.92 Å². The van der Waals surface area contributed by atoms with Crippen LogP contribution in [0.5, 0.6) is 0 Å². The molecule has 2 heteroatoms. The molecule has 0 aliphatic carbocycles. The highest BCUT2D eigenvalue weighted by atomic mass is 15.0. The topological polar surface area (TPSA) is 9.86 Å². The lowest BCUT2D eigenvalue weighted by atomic mass is 10.2. The van der Waals surface area contributed by atoms with E-state index in [-0.39, 0.29) is 0 Å². The molecule has 0 amide bonds. The molecule has 2 aromatic heterocycles. The molecule has 0 aliphatic rings. The summed E-state index contributed by atoms with van der Waals surface area (Å²) in [5.41, 5.74) is 3.99. The highest BCUT2D eigenvalue weighted by molar-refractivity contribution is 5.81. The van der Waals surface area contributed by atoms with Crippen LogP contribution < -0.4 is 0 Å². The van der Waals surface area contributed by atoms with Crippen LogP contribution in [-0.4, -0.2) is 9.13 Å². The van der Waals surface area contributed by atoms with Gasteiger partial charge in [-0.15, -0.1) is 0 Å². The van der Waals surface area contributed by atoms with Crippen molar-refractivity contribution in [2.75, 3.05) is 0 Å². The molecule has 0 saturated heterocycles. The number of aryl methyl sites for hydroxylation is 3. The van der Waals surface area contributed by atoms with Gasteiger partial charge in [-0.3, -0.25) is 0 Å². The first-order chi connectivity index (χ1) is 10.8. The quantitative estimate of drug-likeness (QED) is 0.500. The van der Waals surface area contributed by atoms with E-state index < -0.39 is 0 Å². The number of hydrogen-bond acceptors (Lipinski definition) is 0. The number of nitrogens with zero attached hydrogens (tertiary/aromatic N) is 2. The zero-order valence-electron chi connectivity index (χ0n) is 12.9. The Morgan fingerprint density at radius 3 is 2.23 bits per heavy atom. The van der Waals surface area contributed by atoms with Crippen LogP contribution in [-0.2, 0) is 13.1 Å². The zero-order chi connectivity index (χ0) is 14.9. The second-order valence-electron chi connectivity index (χ2n) is 5.99. The largest absolute Gasteiger partial charge is 0.347 e. The lowest BCUT2D eigenvalue weighted by molar-refractivity contribution is 0.584. The third-order valence-electron chi connectivity index (χ3n) is 4.40. The molecule has 22 heavy (non-hydrogen) atoms. The van der Waals surface area contributed by atoms with Crippen molar-refractivity contribution in [3.63, 3.8) is 0 Å². The van der Waals surface area contributed by atoms with E-state index in [4.69, 9.17) is 0 Å². The van der Waals surface area contributed by atoms with Gasteiger partial charge >= 0.3 is 0 Å². The van der Waals surface area contributed by atoms with Gasteiger partial charge in [-0.05, 0) is 54.4 Å². The minimum absolute atomic E-state index is 1.05. The number of rotatable bonds is 4. The van der Waals surface area contributed by atoms with Crippen molar-refractivity contribution in [1.82, 2.24) is 9.13 Å². The summed E-state index contributed by atoms with van der Waals surface area (Å²) in [5.74, 6) is 0. The molecule has 2 aromatic carbocycles. The first kappa shape index (κ1) is 13.2. The van der Waals surface area contributed by atoms with Crippen molar-refractivity contribution >= 4 is 21.8 Å². The molecule has 110 valence electrons. The van der Waals surface area contributed by atoms with Crippen LogP contribution in [0.2, 0.25) is 0 Å². The van der Waals surface area contributed by atoms with Gasteiger partial charge in [0.25, 0.3) is 0 Å². The summed E-state index contributed by atoms with van der Waals surface area (Å²) in [5, 5.41) is 2.66. The Morgan fingerprint density at radius 2 is 1.41 bits per heavy atom. The van der Waals surface area contributed by atoms with E-state index in [1.165, 1.54) is 27.4 Å². The average molecular weight is 288 g/mol. The van der Waals surface area contributed by atoms with Gasteiger partial charge in [-0.25, -0.2) is 0 Å². The lowest BCUT2D eigenvalue weighted by Gasteiger charge is -2.08. The number of benzene rings is 2. The standard InChI is InChI=1S/C20H20N2/c1-16-7-8-20-18(15-16)10-14-22(20)12-4-11-21-13-9-17-5-2-3-6-19(17)21/h2-3,5-10,13-15H,4,11-12H2,1H3. The van der Waals surface area contributed by atoms with Crippen molar-refractivity contribution in [2.24, 2.45) is 0 Å². The Balaban J connectivity index is 1.50. The third-order valence-corrected chi connectivity index (χ3v) is 4.40. The van der Waals surface area contributed by atoms with E-state index in [1.807, 2.05) is 0 Å². The maximum atomic E-state index is 2.36. The Labute approximate surface area is 130 Å². The molecule has 0 unspecified atom stereocenters. The Hall–Kier alpha value is -2.48. The molecule has 0 saturated carbocycles. The number of hydrogen-bond donors (Lipinski definition) is 0. The molecular weight excluding hydrogens is 268 g/mol. The summed E-state index contributed by atoms with van der Waals surface area (Å²) < 4.78 is 4.71. The van der Waals surface area contributed by atoms with Crippen LogP contribution in [0.15, 0.2) is 67.0 Å². The van der Waals surface area contributed by atoms with Crippen LogP contribution in [0.25, 0.3) is 21.8 Å². The third kappa shape index (κ3) is 2.31. The number of fused-ring (bicyclic) bond motifs is 2. The predicted molar refractivity (Wildman–Crippen MR) is 93.2 cm³/mol. The van der Waals surface area contributed by atoms with Crippen molar-refractivity contribution in [2.45, 2.75) is 26.4 Å². The maximum Gasteiger partial charge on any atom is 0.0480 e. The molecule has 0 fully saturated rings. The molecule has 0 aliphatic heterocycles. The molecule has 0 spiro atoms. The molecule has 2 heterocycles. The van der Waals surface area contributed by atoms with Crippen LogP contribution in [0.3, 0.4) is 0 Å². The monoisotopic (exact) mass is 288 g/mol. The summed E-state index contributed by atoms with van der Waals surface area (Å²) in [6, 6.07) is 19.7.